The number of hydrogen-bond acceptors (Lipinski definition) is 2. The molecule has 0 aliphatic carbocycles. The van der Waals surface area contributed by atoms with E-state index in [1.54, 1.807) is 24.3 Å². The number of aromatic nitrogens is 1. The molecule has 0 aliphatic heterocycles. The molecule has 0 bridgehead atoms. The maximum absolute atomic E-state index is 13.7. The number of H-pyrrole nitrogens is 1. The zero-order valence-corrected chi connectivity index (χ0v) is 13.0. The summed E-state index contributed by atoms with van der Waals surface area (Å²) in [5.41, 5.74) is -0.0134. The molecule has 3 aromatic rings. The predicted octanol–water partition coefficient (Wildman–Crippen LogP) is 3.39. The Labute approximate surface area is 140 Å². The number of pyridine rings is 1. The molecule has 0 saturated carbocycles. The van der Waals surface area contributed by atoms with Gasteiger partial charge in [-0.1, -0.05) is 23.7 Å². The summed E-state index contributed by atoms with van der Waals surface area (Å²) < 4.78 is 27.1. The Morgan fingerprint density at radius 3 is 2.71 bits per heavy atom. The number of rotatable bonds is 3. The van der Waals surface area contributed by atoms with Crippen molar-refractivity contribution in [3.8, 4) is 0 Å². The lowest BCUT2D eigenvalue weighted by Gasteiger charge is -2.08. The van der Waals surface area contributed by atoms with Crippen LogP contribution in [0.25, 0.3) is 10.9 Å². The number of amides is 1. The lowest BCUT2D eigenvalue weighted by Crippen LogP contribution is -2.28. The first-order chi connectivity index (χ1) is 11.5. The van der Waals surface area contributed by atoms with Crippen molar-refractivity contribution in [2.45, 2.75) is 6.54 Å². The van der Waals surface area contributed by atoms with Gasteiger partial charge in [-0.2, -0.15) is 0 Å². The first-order valence-corrected chi connectivity index (χ1v) is 7.37. The Kier molecular flexibility index (Phi) is 4.31. The highest BCUT2D eigenvalue weighted by atomic mass is 35.5. The molecule has 1 aromatic heterocycles. The van der Waals surface area contributed by atoms with E-state index in [2.05, 4.69) is 10.3 Å². The quantitative estimate of drug-likeness (QED) is 0.713. The zero-order chi connectivity index (χ0) is 17.3. The first kappa shape index (κ1) is 16.1. The summed E-state index contributed by atoms with van der Waals surface area (Å²) in [6, 6.07) is 8.49. The van der Waals surface area contributed by atoms with Crippen LogP contribution in [0.3, 0.4) is 0 Å². The summed E-state index contributed by atoms with van der Waals surface area (Å²) in [7, 11) is 0. The van der Waals surface area contributed by atoms with Crippen molar-refractivity contribution in [3.05, 3.63) is 80.6 Å². The normalized spacial score (nSPS) is 10.8. The van der Waals surface area contributed by atoms with Crippen LogP contribution in [0, 0.1) is 11.6 Å². The van der Waals surface area contributed by atoms with Crippen LogP contribution < -0.4 is 10.7 Å². The lowest BCUT2D eigenvalue weighted by molar-refractivity contribution is 0.0949. The molecule has 3 rings (SSSR count). The third-order valence-corrected chi connectivity index (χ3v) is 3.85. The maximum Gasteiger partial charge on any atom is 0.257 e. The van der Waals surface area contributed by atoms with Crippen molar-refractivity contribution in [2.75, 3.05) is 0 Å². The largest absolute Gasteiger partial charge is 0.360 e. The van der Waals surface area contributed by atoms with Crippen LogP contribution in [0.2, 0.25) is 5.02 Å². The van der Waals surface area contributed by atoms with E-state index in [4.69, 9.17) is 11.6 Å². The summed E-state index contributed by atoms with van der Waals surface area (Å²) in [4.78, 5) is 27.3. The Balaban J connectivity index is 1.85. The van der Waals surface area contributed by atoms with E-state index in [-0.39, 0.29) is 22.7 Å². The number of carbonyl (C=O) groups is 1. The molecule has 0 unspecified atom stereocenters. The van der Waals surface area contributed by atoms with E-state index in [1.807, 2.05) is 0 Å². The Morgan fingerprint density at radius 1 is 1.17 bits per heavy atom. The first-order valence-electron chi connectivity index (χ1n) is 6.99. The van der Waals surface area contributed by atoms with Crippen molar-refractivity contribution >= 4 is 28.4 Å². The average Bonchev–Trinajstić information content (AvgIpc) is 2.57. The van der Waals surface area contributed by atoms with E-state index < -0.39 is 23.0 Å². The molecular formula is C17H11ClF2N2O2. The van der Waals surface area contributed by atoms with E-state index in [0.717, 1.165) is 12.1 Å². The molecule has 0 radical (unpaired) electrons. The number of halogens is 3. The summed E-state index contributed by atoms with van der Waals surface area (Å²) >= 11 is 5.47. The van der Waals surface area contributed by atoms with Gasteiger partial charge in [0.05, 0.1) is 5.02 Å². The predicted molar refractivity (Wildman–Crippen MR) is 87.1 cm³/mol. The topological polar surface area (TPSA) is 62.0 Å². The second-order valence-electron chi connectivity index (χ2n) is 5.12. The second kappa shape index (κ2) is 6.41. The van der Waals surface area contributed by atoms with Crippen LogP contribution >= 0.6 is 11.6 Å². The van der Waals surface area contributed by atoms with Gasteiger partial charge in [-0.15, -0.1) is 0 Å². The van der Waals surface area contributed by atoms with Gasteiger partial charge in [-0.25, -0.2) is 8.78 Å². The SMILES string of the molecule is O=C(NCc1cc(F)c(Cl)cc1F)c1c[nH]c2ccccc2c1=O. The van der Waals surface area contributed by atoms with Gasteiger partial charge < -0.3 is 10.3 Å². The van der Waals surface area contributed by atoms with E-state index in [1.165, 1.54) is 6.20 Å². The fourth-order valence-electron chi connectivity index (χ4n) is 2.31. The fourth-order valence-corrected chi connectivity index (χ4v) is 2.46. The van der Waals surface area contributed by atoms with E-state index in [9.17, 15) is 18.4 Å². The van der Waals surface area contributed by atoms with Crippen LogP contribution in [0.4, 0.5) is 8.78 Å². The highest BCUT2D eigenvalue weighted by molar-refractivity contribution is 6.30. The summed E-state index contributed by atoms with van der Waals surface area (Å²) in [6.45, 7) is -0.273. The van der Waals surface area contributed by atoms with Gasteiger partial charge in [0, 0.05) is 29.2 Å². The minimum absolute atomic E-state index is 0.0672. The van der Waals surface area contributed by atoms with Gasteiger partial charge in [0.1, 0.15) is 17.2 Å². The van der Waals surface area contributed by atoms with Gasteiger partial charge in [-0.3, -0.25) is 9.59 Å². The second-order valence-corrected chi connectivity index (χ2v) is 5.52. The van der Waals surface area contributed by atoms with Crippen molar-refractivity contribution in [1.29, 1.82) is 0 Å². The van der Waals surface area contributed by atoms with Crippen LogP contribution in [0.5, 0.6) is 0 Å². The van der Waals surface area contributed by atoms with Crippen molar-refractivity contribution < 1.29 is 13.6 Å². The molecule has 2 N–H and O–H groups in total. The van der Waals surface area contributed by atoms with Gasteiger partial charge in [-0.05, 0) is 24.3 Å². The molecule has 4 nitrogen and oxygen atoms in total. The maximum atomic E-state index is 13.7. The molecule has 0 atom stereocenters. The Morgan fingerprint density at radius 2 is 1.92 bits per heavy atom. The molecule has 1 amide bonds. The molecule has 1 heterocycles. The summed E-state index contributed by atoms with van der Waals surface area (Å²) in [5.74, 6) is -2.21. The number of carbonyl (C=O) groups excluding carboxylic acids is 1. The lowest BCUT2D eigenvalue weighted by atomic mass is 10.1. The number of benzene rings is 2. The number of nitrogens with one attached hydrogen (secondary N) is 2. The average molecular weight is 349 g/mol. The zero-order valence-electron chi connectivity index (χ0n) is 12.2. The van der Waals surface area contributed by atoms with Crippen LogP contribution in [-0.2, 0) is 6.54 Å². The van der Waals surface area contributed by atoms with Crippen molar-refractivity contribution in [2.24, 2.45) is 0 Å². The third-order valence-electron chi connectivity index (χ3n) is 3.56. The Bertz CT molecular complexity index is 1000. The number of hydrogen-bond donors (Lipinski definition) is 2. The van der Waals surface area contributed by atoms with Gasteiger partial charge >= 0.3 is 0 Å². The molecule has 7 heteroatoms. The number of para-hydroxylation sites is 1. The van der Waals surface area contributed by atoms with Gasteiger partial charge in [0.2, 0.25) is 5.43 Å². The third kappa shape index (κ3) is 3.00. The highest BCUT2D eigenvalue weighted by Crippen LogP contribution is 2.19. The van der Waals surface area contributed by atoms with Crippen LogP contribution in [0.15, 0.2) is 47.4 Å². The van der Waals surface area contributed by atoms with Crippen molar-refractivity contribution in [3.63, 3.8) is 0 Å². The molecular weight excluding hydrogens is 338 g/mol. The Hall–Kier alpha value is -2.73. The van der Waals surface area contributed by atoms with Crippen LogP contribution in [0.1, 0.15) is 15.9 Å². The molecule has 2 aromatic carbocycles. The monoisotopic (exact) mass is 348 g/mol. The molecule has 0 fully saturated rings. The molecule has 24 heavy (non-hydrogen) atoms. The van der Waals surface area contributed by atoms with E-state index in [0.29, 0.717) is 10.9 Å². The van der Waals surface area contributed by atoms with Crippen molar-refractivity contribution in [1.82, 2.24) is 10.3 Å². The van der Waals surface area contributed by atoms with Crippen LogP contribution in [-0.4, -0.2) is 10.9 Å². The minimum Gasteiger partial charge on any atom is -0.360 e. The number of fused-ring (bicyclic) bond motifs is 1. The fraction of sp³-hybridized carbons (Fsp3) is 0.0588. The molecule has 0 aliphatic rings. The minimum atomic E-state index is -0.786. The molecule has 122 valence electrons. The standard InChI is InChI=1S/C17H11ClF2N2O2/c18-12-6-13(19)9(5-14(12)20)7-22-17(24)11-8-21-15-4-2-1-3-10(15)16(11)23/h1-6,8H,7H2,(H,21,23)(H,22,24). The van der Waals surface area contributed by atoms with Gasteiger partial charge in [0.25, 0.3) is 5.91 Å². The highest BCUT2D eigenvalue weighted by Gasteiger charge is 2.14. The summed E-state index contributed by atoms with van der Waals surface area (Å²) in [5, 5.41) is 2.43. The van der Waals surface area contributed by atoms with E-state index >= 15 is 0 Å². The van der Waals surface area contributed by atoms with Gasteiger partial charge in [0.15, 0.2) is 0 Å². The smallest absolute Gasteiger partial charge is 0.257 e. The number of aromatic amines is 1. The molecule has 0 saturated heterocycles. The summed E-state index contributed by atoms with van der Waals surface area (Å²) in [6.07, 6.45) is 1.29. The molecule has 0 spiro atoms.